The van der Waals surface area contributed by atoms with Crippen LogP contribution in [0, 0.1) is 5.92 Å². The summed E-state index contributed by atoms with van der Waals surface area (Å²) in [6.45, 7) is 2.66. The summed E-state index contributed by atoms with van der Waals surface area (Å²) in [5.41, 5.74) is 4.48. The summed E-state index contributed by atoms with van der Waals surface area (Å²) in [6, 6.07) is 3.78. The van der Waals surface area contributed by atoms with Gasteiger partial charge in [-0.05, 0) is 38.1 Å². The van der Waals surface area contributed by atoms with Gasteiger partial charge in [-0.1, -0.05) is 0 Å². The molecule has 0 unspecified atom stereocenters. The number of hydrazine groups is 1. The number of hydrogen-bond acceptors (Lipinski definition) is 5. The Labute approximate surface area is 113 Å². The Bertz CT molecular complexity index is 429. The van der Waals surface area contributed by atoms with Crippen LogP contribution >= 0.6 is 0 Å². The molecule has 104 valence electrons. The van der Waals surface area contributed by atoms with Crippen molar-refractivity contribution >= 4 is 11.6 Å². The quantitative estimate of drug-likeness (QED) is 0.538. The molecular weight excluding hydrogens is 242 g/mol. The second kappa shape index (κ2) is 6.49. The monoisotopic (exact) mass is 263 g/mol. The average molecular weight is 263 g/mol. The lowest BCUT2D eigenvalue weighted by Gasteiger charge is -2.30. The lowest BCUT2D eigenvalue weighted by atomic mass is 9.96. The minimum absolute atomic E-state index is 0.159. The number of anilines is 1. The highest BCUT2D eigenvalue weighted by Crippen LogP contribution is 2.19. The van der Waals surface area contributed by atoms with Crippen molar-refractivity contribution < 1.29 is 4.79 Å². The van der Waals surface area contributed by atoms with Gasteiger partial charge >= 0.3 is 0 Å². The maximum atomic E-state index is 11.6. The molecule has 1 saturated heterocycles. The van der Waals surface area contributed by atoms with Crippen molar-refractivity contribution in [3.05, 3.63) is 24.0 Å². The first-order chi connectivity index (χ1) is 9.22. The largest absolute Gasteiger partial charge is 0.359 e. The van der Waals surface area contributed by atoms with Crippen molar-refractivity contribution in [2.75, 3.05) is 25.6 Å². The number of aromatic nitrogens is 1. The molecule has 0 aromatic carbocycles. The maximum absolute atomic E-state index is 11.6. The molecule has 0 bridgehead atoms. The summed E-state index contributed by atoms with van der Waals surface area (Å²) in [7, 11) is 1.70. The van der Waals surface area contributed by atoms with Crippen molar-refractivity contribution in [1.82, 2.24) is 15.2 Å². The number of nitrogens with two attached hydrogens (primary N) is 1. The first-order valence-corrected chi connectivity index (χ1v) is 6.58. The number of carbonyl (C=O) groups is 1. The third-order valence-corrected chi connectivity index (χ3v) is 3.57. The van der Waals surface area contributed by atoms with E-state index in [1.54, 1.807) is 13.2 Å². The molecule has 2 rings (SSSR count). The van der Waals surface area contributed by atoms with Crippen molar-refractivity contribution in [3.63, 3.8) is 0 Å². The van der Waals surface area contributed by atoms with Gasteiger partial charge in [-0.2, -0.15) is 0 Å². The van der Waals surface area contributed by atoms with Crippen molar-refractivity contribution in [2.45, 2.75) is 19.4 Å². The Morgan fingerprint density at radius 3 is 2.89 bits per heavy atom. The fourth-order valence-corrected chi connectivity index (χ4v) is 2.44. The number of rotatable bonds is 4. The van der Waals surface area contributed by atoms with E-state index in [2.05, 4.69) is 20.6 Å². The van der Waals surface area contributed by atoms with Crippen LogP contribution < -0.4 is 16.6 Å². The van der Waals surface area contributed by atoms with Gasteiger partial charge in [0, 0.05) is 25.7 Å². The summed E-state index contributed by atoms with van der Waals surface area (Å²) < 4.78 is 0. The van der Waals surface area contributed by atoms with E-state index in [-0.39, 0.29) is 11.8 Å². The van der Waals surface area contributed by atoms with Gasteiger partial charge in [-0.25, -0.2) is 0 Å². The number of pyridine rings is 1. The topological polar surface area (TPSA) is 83.3 Å². The molecule has 0 saturated carbocycles. The lowest BCUT2D eigenvalue weighted by molar-refractivity contribution is -0.125. The Balaban J connectivity index is 1.86. The molecule has 0 radical (unpaired) electrons. The molecule has 0 aliphatic carbocycles. The van der Waals surface area contributed by atoms with Crippen molar-refractivity contribution in [2.24, 2.45) is 11.8 Å². The van der Waals surface area contributed by atoms with Gasteiger partial charge in [-0.15, -0.1) is 0 Å². The number of nitrogens with zero attached hydrogens (tertiary/aromatic N) is 2. The van der Waals surface area contributed by atoms with Crippen LogP contribution in [0.4, 0.5) is 5.69 Å². The fourth-order valence-electron chi connectivity index (χ4n) is 2.44. The predicted octanol–water partition coefficient (Wildman–Crippen LogP) is 0.325. The van der Waals surface area contributed by atoms with E-state index in [0.717, 1.165) is 43.9 Å². The number of nitrogen functional groups attached to an aromatic ring is 1. The highest BCUT2D eigenvalue weighted by molar-refractivity contribution is 5.78. The predicted molar refractivity (Wildman–Crippen MR) is 74.1 cm³/mol. The smallest absolute Gasteiger partial charge is 0.222 e. The van der Waals surface area contributed by atoms with E-state index in [1.165, 1.54) is 0 Å². The SMILES string of the molecule is CNC(=O)C1CCN(Cc2cc(NN)ccn2)CC1. The number of nitrogens with one attached hydrogen (secondary N) is 2. The second-order valence-electron chi connectivity index (χ2n) is 4.84. The first-order valence-electron chi connectivity index (χ1n) is 6.58. The third kappa shape index (κ3) is 3.65. The van der Waals surface area contributed by atoms with Gasteiger partial charge < -0.3 is 10.7 Å². The van der Waals surface area contributed by atoms with E-state index in [1.807, 2.05) is 12.1 Å². The van der Waals surface area contributed by atoms with Gasteiger partial charge in [0.2, 0.25) is 5.91 Å². The van der Waals surface area contributed by atoms with Gasteiger partial charge in [0.15, 0.2) is 0 Å². The fraction of sp³-hybridized carbons (Fsp3) is 0.538. The molecule has 6 heteroatoms. The Morgan fingerprint density at radius 1 is 1.53 bits per heavy atom. The van der Waals surface area contributed by atoms with Crippen LogP contribution in [0.25, 0.3) is 0 Å². The van der Waals surface area contributed by atoms with E-state index in [0.29, 0.717) is 0 Å². The zero-order chi connectivity index (χ0) is 13.7. The highest BCUT2D eigenvalue weighted by atomic mass is 16.1. The zero-order valence-electron chi connectivity index (χ0n) is 11.2. The summed E-state index contributed by atoms with van der Waals surface area (Å²) in [5, 5.41) is 2.72. The van der Waals surface area contributed by atoms with Crippen LogP contribution in [0.5, 0.6) is 0 Å². The Morgan fingerprint density at radius 2 is 2.26 bits per heavy atom. The average Bonchev–Trinajstić information content (AvgIpc) is 2.47. The van der Waals surface area contributed by atoms with Crippen LogP contribution in [-0.2, 0) is 11.3 Å². The molecule has 1 aromatic heterocycles. The highest BCUT2D eigenvalue weighted by Gasteiger charge is 2.24. The number of piperidine rings is 1. The lowest BCUT2D eigenvalue weighted by Crippen LogP contribution is -2.39. The molecule has 1 fully saturated rings. The van der Waals surface area contributed by atoms with Crippen LogP contribution in [0.3, 0.4) is 0 Å². The van der Waals surface area contributed by atoms with E-state index < -0.39 is 0 Å². The molecule has 1 aromatic rings. The molecule has 19 heavy (non-hydrogen) atoms. The number of carbonyl (C=O) groups excluding carboxylic acids is 1. The number of likely N-dealkylation sites (tertiary alicyclic amines) is 1. The molecule has 1 aliphatic heterocycles. The van der Waals surface area contributed by atoms with Crippen LogP contribution in [0.1, 0.15) is 18.5 Å². The van der Waals surface area contributed by atoms with Crippen molar-refractivity contribution in [1.29, 1.82) is 0 Å². The molecule has 6 nitrogen and oxygen atoms in total. The Hall–Kier alpha value is -1.66. The normalized spacial score (nSPS) is 17.2. The van der Waals surface area contributed by atoms with Gasteiger partial charge in [0.05, 0.1) is 11.4 Å². The summed E-state index contributed by atoms with van der Waals surface area (Å²) in [4.78, 5) is 18.2. The maximum Gasteiger partial charge on any atom is 0.222 e. The molecule has 4 N–H and O–H groups in total. The van der Waals surface area contributed by atoms with Crippen molar-refractivity contribution in [3.8, 4) is 0 Å². The minimum atomic E-state index is 0.159. The van der Waals surface area contributed by atoms with Gasteiger partial charge in [0.25, 0.3) is 0 Å². The first kappa shape index (κ1) is 13.8. The summed E-state index contributed by atoms with van der Waals surface area (Å²) in [5.74, 6) is 5.70. The van der Waals surface area contributed by atoms with Crippen LogP contribution in [0.2, 0.25) is 0 Å². The zero-order valence-corrected chi connectivity index (χ0v) is 11.2. The third-order valence-electron chi connectivity index (χ3n) is 3.57. The summed E-state index contributed by atoms with van der Waals surface area (Å²) in [6.07, 6.45) is 3.57. The van der Waals surface area contributed by atoms with E-state index >= 15 is 0 Å². The minimum Gasteiger partial charge on any atom is -0.359 e. The van der Waals surface area contributed by atoms with E-state index in [9.17, 15) is 4.79 Å². The molecule has 1 amide bonds. The number of hydrogen-bond donors (Lipinski definition) is 3. The van der Waals surface area contributed by atoms with Crippen LogP contribution in [-0.4, -0.2) is 35.9 Å². The molecule has 0 atom stereocenters. The Kier molecular flexibility index (Phi) is 4.70. The molecule has 1 aliphatic rings. The van der Waals surface area contributed by atoms with Crippen LogP contribution in [0.15, 0.2) is 18.3 Å². The van der Waals surface area contributed by atoms with Gasteiger partial charge in [-0.3, -0.25) is 20.5 Å². The summed E-state index contributed by atoms with van der Waals surface area (Å²) >= 11 is 0. The second-order valence-corrected chi connectivity index (χ2v) is 4.84. The molecule has 2 heterocycles. The molecular formula is C13H21N5O. The molecule has 0 spiro atoms. The van der Waals surface area contributed by atoms with E-state index in [4.69, 9.17) is 5.84 Å². The van der Waals surface area contributed by atoms with Gasteiger partial charge in [0.1, 0.15) is 0 Å². The standard InChI is InChI=1S/C13H21N5O/c1-15-13(19)10-3-6-18(7-4-10)9-12-8-11(17-14)2-5-16-12/h2,5,8,10H,3-4,6-7,9,14H2,1H3,(H,15,19)(H,16,17). The number of amides is 1.